The number of aldehydes is 1. The number of hydrogen-bond acceptors (Lipinski definition) is 5. The summed E-state index contributed by atoms with van der Waals surface area (Å²) in [6, 6.07) is 0. The van der Waals surface area contributed by atoms with E-state index in [0.717, 1.165) is 6.92 Å². The van der Waals surface area contributed by atoms with E-state index in [1.807, 2.05) is 0 Å². The molecule has 0 aromatic heterocycles. The summed E-state index contributed by atoms with van der Waals surface area (Å²) in [6.07, 6.45) is -4.37. The Labute approximate surface area is 70.3 Å². The van der Waals surface area contributed by atoms with E-state index in [1.165, 1.54) is 6.92 Å². The molecule has 0 bridgehead atoms. The minimum Gasteiger partial charge on any atom is -0.391 e. The summed E-state index contributed by atoms with van der Waals surface area (Å²) >= 11 is 0. The van der Waals surface area contributed by atoms with Crippen LogP contribution in [0.3, 0.4) is 0 Å². The first-order valence-corrected chi connectivity index (χ1v) is 3.56. The van der Waals surface area contributed by atoms with Gasteiger partial charge in [0.25, 0.3) is 0 Å². The number of carbonyl (C=O) groups is 1. The molecule has 72 valence electrons. The zero-order valence-corrected chi connectivity index (χ0v) is 7.01. The SMILES string of the molecule is C[C@H](O)[C@@H](O)[C@](C)(O)[C@H](O)C=O. The van der Waals surface area contributed by atoms with Gasteiger partial charge in [0.05, 0.1) is 6.10 Å². The topological polar surface area (TPSA) is 98.0 Å². The van der Waals surface area contributed by atoms with Crippen molar-refractivity contribution in [2.75, 3.05) is 0 Å². The van der Waals surface area contributed by atoms with Gasteiger partial charge in [-0.25, -0.2) is 0 Å². The summed E-state index contributed by atoms with van der Waals surface area (Å²) < 4.78 is 0. The summed E-state index contributed by atoms with van der Waals surface area (Å²) in [5.41, 5.74) is -2.02. The fourth-order valence-corrected chi connectivity index (χ4v) is 0.801. The average Bonchev–Trinajstić information content (AvgIpc) is 2.01. The molecule has 5 heteroatoms. The first kappa shape index (κ1) is 11.5. The maximum Gasteiger partial charge on any atom is 0.151 e. The van der Waals surface area contributed by atoms with Crippen molar-refractivity contribution in [2.24, 2.45) is 0 Å². The molecule has 5 nitrogen and oxygen atoms in total. The molecule has 0 aliphatic heterocycles. The molecule has 0 saturated carbocycles. The van der Waals surface area contributed by atoms with Crippen molar-refractivity contribution < 1.29 is 25.2 Å². The predicted molar refractivity (Wildman–Crippen MR) is 40.4 cm³/mol. The molecule has 0 heterocycles. The first-order valence-electron chi connectivity index (χ1n) is 3.56. The molecule has 12 heavy (non-hydrogen) atoms. The van der Waals surface area contributed by atoms with Gasteiger partial charge < -0.3 is 25.2 Å². The molecule has 0 aromatic rings. The van der Waals surface area contributed by atoms with Crippen LogP contribution in [-0.4, -0.2) is 50.6 Å². The molecule has 0 aromatic carbocycles. The van der Waals surface area contributed by atoms with Crippen molar-refractivity contribution in [1.29, 1.82) is 0 Å². The third kappa shape index (κ3) is 2.25. The molecular weight excluding hydrogens is 164 g/mol. The van der Waals surface area contributed by atoms with Gasteiger partial charge in [-0.05, 0) is 13.8 Å². The van der Waals surface area contributed by atoms with Crippen molar-refractivity contribution in [3.63, 3.8) is 0 Å². The lowest BCUT2D eigenvalue weighted by Gasteiger charge is -2.32. The second-order valence-corrected chi connectivity index (χ2v) is 2.99. The van der Waals surface area contributed by atoms with E-state index >= 15 is 0 Å². The fourth-order valence-electron chi connectivity index (χ4n) is 0.801. The van der Waals surface area contributed by atoms with Crippen LogP contribution in [-0.2, 0) is 4.79 Å². The lowest BCUT2D eigenvalue weighted by molar-refractivity contribution is -0.166. The highest BCUT2D eigenvalue weighted by atomic mass is 16.4. The largest absolute Gasteiger partial charge is 0.391 e. The van der Waals surface area contributed by atoms with Crippen LogP contribution >= 0.6 is 0 Å². The van der Waals surface area contributed by atoms with Gasteiger partial charge in [0, 0.05) is 0 Å². The van der Waals surface area contributed by atoms with Crippen LogP contribution in [0.25, 0.3) is 0 Å². The average molecular weight is 178 g/mol. The third-order valence-electron chi connectivity index (χ3n) is 1.78. The maximum absolute atomic E-state index is 10.1. The Morgan fingerprint density at radius 2 is 1.75 bits per heavy atom. The third-order valence-corrected chi connectivity index (χ3v) is 1.78. The standard InChI is InChI=1S/C7H14O5/c1-4(9)6(11)7(2,12)5(10)3-8/h3-6,9-12H,1-2H3/t4-,5+,6+,7+/m0/s1. The van der Waals surface area contributed by atoms with Gasteiger partial charge in [-0.3, -0.25) is 0 Å². The van der Waals surface area contributed by atoms with Crippen LogP contribution in [0.2, 0.25) is 0 Å². The smallest absolute Gasteiger partial charge is 0.151 e. The van der Waals surface area contributed by atoms with E-state index in [2.05, 4.69) is 0 Å². The number of aliphatic hydroxyl groups is 4. The van der Waals surface area contributed by atoms with Crippen LogP contribution in [0, 0.1) is 0 Å². The van der Waals surface area contributed by atoms with E-state index < -0.39 is 23.9 Å². The van der Waals surface area contributed by atoms with Gasteiger partial charge in [0.15, 0.2) is 6.29 Å². The van der Waals surface area contributed by atoms with Crippen LogP contribution in [0.15, 0.2) is 0 Å². The second kappa shape index (κ2) is 3.95. The molecule has 0 unspecified atom stereocenters. The van der Waals surface area contributed by atoms with Crippen LogP contribution in [0.4, 0.5) is 0 Å². The predicted octanol–water partition coefficient (Wildman–Crippen LogP) is -1.96. The molecule has 0 spiro atoms. The van der Waals surface area contributed by atoms with Gasteiger partial charge >= 0.3 is 0 Å². The van der Waals surface area contributed by atoms with Gasteiger partial charge in [-0.2, -0.15) is 0 Å². The Kier molecular flexibility index (Phi) is 3.79. The molecule has 0 rings (SSSR count). The van der Waals surface area contributed by atoms with E-state index in [1.54, 1.807) is 0 Å². The highest BCUT2D eigenvalue weighted by molar-refractivity contribution is 5.58. The summed E-state index contributed by atoms with van der Waals surface area (Å²) in [6.45, 7) is 2.32. The summed E-state index contributed by atoms with van der Waals surface area (Å²) in [5, 5.41) is 36.2. The highest BCUT2D eigenvalue weighted by Crippen LogP contribution is 2.16. The molecule has 4 atom stereocenters. The normalized spacial score (nSPS) is 23.8. The van der Waals surface area contributed by atoms with Crippen LogP contribution in [0.1, 0.15) is 13.8 Å². The van der Waals surface area contributed by atoms with Crippen molar-refractivity contribution >= 4 is 6.29 Å². The zero-order valence-electron chi connectivity index (χ0n) is 7.01. The Bertz CT molecular complexity index is 154. The second-order valence-electron chi connectivity index (χ2n) is 2.99. The van der Waals surface area contributed by atoms with Crippen molar-refractivity contribution in [3.8, 4) is 0 Å². The lowest BCUT2D eigenvalue weighted by Crippen LogP contribution is -2.54. The summed E-state index contributed by atoms with van der Waals surface area (Å²) in [5.74, 6) is 0. The molecule has 0 aliphatic rings. The molecular formula is C7H14O5. The number of carbonyl (C=O) groups excluding carboxylic acids is 1. The molecule has 0 aliphatic carbocycles. The Hall–Kier alpha value is -0.490. The molecule has 0 amide bonds. The molecule has 0 saturated heterocycles. The number of rotatable bonds is 4. The minimum atomic E-state index is -2.02. The fraction of sp³-hybridized carbons (Fsp3) is 0.857. The number of hydrogen-bond donors (Lipinski definition) is 4. The van der Waals surface area contributed by atoms with E-state index in [9.17, 15) is 9.90 Å². The van der Waals surface area contributed by atoms with Gasteiger partial charge in [-0.15, -0.1) is 0 Å². The van der Waals surface area contributed by atoms with E-state index in [4.69, 9.17) is 15.3 Å². The Balaban J connectivity index is 4.47. The van der Waals surface area contributed by atoms with Crippen molar-refractivity contribution in [1.82, 2.24) is 0 Å². The number of aliphatic hydroxyl groups excluding tert-OH is 3. The quantitative estimate of drug-likeness (QED) is 0.375. The Morgan fingerprint density at radius 1 is 1.33 bits per heavy atom. The monoisotopic (exact) mass is 178 g/mol. The molecule has 4 N–H and O–H groups in total. The summed E-state index contributed by atoms with van der Waals surface area (Å²) in [7, 11) is 0. The summed E-state index contributed by atoms with van der Waals surface area (Å²) in [4.78, 5) is 10.1. The van der Waals surface area contributed by atoms with Crippen LogP contribution in [0.5, 0.6) is 0 Å². The Morgan fingerprint density at radius 3 is 2.00 bits per heavy atom. The van der Waals surface area contributed by atoms with E-state index in [0.29, 0.717) is 0 Å². The van der Waals surface area contributed by atoms with Crippen molar-refractivity contribution in [2.45, 2.75) is 37.8 Å². The minimum absolute atomic E-state index is 0.103. The molecule has 0 fully saturated rings. The first-order chi connectivity index (χ1) is 5.34. The van der Waals surface area contributed by atoms with Crippen molar-refractivity contribution in [3.05, 3.63) is 0 Å². The van der Waals surface area contributed by atoms with Gasteiger partial charge in [0.1, 0.15) is 17.8 Å². The van der Waals surface area contributed by atoms with Gasteiger partial charge in [-0.1, -0.05) is 0 Å². The van der Waals surface area contributed by atoms with Crippen LogP contribution < -0.4 is 0 Å². The highest BCUT2D eigenvalue weighted by Gasteiger charge is 2.40. The van der Waals surface area contributed by atoms with E-state index in [-0.39, 0.29) is 6.29 Å². The lowest BCUT2D eigenvalue weighted by atomic mass is 9.90. The van der Waals surface area contributed by atoms with Gasteiger partial charge in [0.2, 0.25) is 0 Å². The zero-order chi connectivity index (χ0) is 9.94. The maximum atomic E-state index is 10.1. The molecule has 0 radical (unpaired) electrons.